The third-order valence-corrected chi connectivity index (χ3v) is 3.58. The Morgan fingerprint density at radius 2 is 1.39 bits per heavy atom. The van der Waals surface area contributed by atoms with Crippen molar-refractivity contribution in [3.63, 3.8) is 0 Å². The Morgan fingerprint density at radius 3 is 2.04 bits per heavy atom. The van der Waals surface area contributed by atoms with E-state index in [2.05, 4.69) is 13.5 Å². The number of unbranched alkanes of at least 4 members (excludes halogenated alkanes) is 8. The highest BCUT2D eigenvalue weighted by Crippen LogP contribution is 2.10. The molecule has 0 rings (SSSR count). The van der Waals surface area contributed by atoms with Crippen LogP contribution in [0.4, 0.5) is 0 Å². The van der Waals surface area contributed by atoms with E-state index in [0.717, 1.165) is 12.8 Å². The fraction of sp³-hybridized carbons (Fsp3) is 0.842. The third-order valence-electron chi connectivity index (χ3n) is 3.58. The molecule has 0 aromatic carbocycles. The van der Waals surface area contributed by atoms with Gasteiger partial charge in [0.25, 0.3) is 0 Å². The number of ether oxygens (including phenoxy) is 3. The predicted molar refractivity (Wildman–Crippen MR) is 94.6 cm³/mol. The van der Waals surface area contributed by atoms with E-state index in [1.807, 2.05) is 0 Å². The van der Waals surface area contributed by atoms with Crippen LogP contribution in [0, 0.1) is 0 Å². The molecule has 0 aromatic rings. The summed E-state index contributed by atoms with van der Waals surface area (Å²) in [5, 5.41) is 0. The van der Waals surface area contributed by atoms with Crippen LogP contribution in [0.3, 0.4) is 0 Å². The monoisotopic (exact) mass is 328 g/mol. The van der Waals surface area contributed by atoms with Crippen molar-refractivity contribution in [3.8, 4) is 0 Å². The number of carbonyl (C=O) groups is 1. The van der Waals surface area contributed by atoms with Crippen molar-refractivity contribution >= 4 is 5.97 Å². The molecule has 4 nitrogen and oxygen atoms in total. The third kappa shape index (κ3) is 19.1. The van der Waals surface area contributed by atoms with Gasteiger partial charge in [-0.2, -0.15) is 0 Å². The van der Waals surface area contributed by atoms with Crippen LogP contribution in [0.2, 0.25) is 0 Å². The lowest BCUT2D eigenvalue weighted by molar-refractivity contribution is -0.145. The van der Waals surface area contributed by atoms with Crippen molar-refractivity contribution in [1.29, 1.82) is 0 Å². The van der Waals surface area contributed by atoms with E-state index in [0.29, 0.717) is 39.5 Å². The highest BCUT2D eigenvalue weighted by Gasteiger charge is 2.02. The Hall–Kier alpha value is -0.870. The molecule has 0 atom stereocenters. The lowest BCUT2D eigenvalue weighted by Crippen LogP contribution is -2.12. The van der Waals surface area contributed by atoms with Gasteiger partial charge in [-0.25, -0.2) is 0 Å². The van der Waals surface area contributed by atoms with Gasteiger partial charge in [0.2, 0.25) is 0 Å². The van der Waals surface area contributed by atoms with Crippen molar-refractivity contribution in [2.45, 2.75) is 71.1 Å². The fourth-order valence-electron chi connectivity index (χ4n) is 2.25. The second-order valence-corrected chi connectivity index (χ2v) is 5.77. The maximum atomic E-state index is 11.5. The van der Waals surface area contributed by atoms with Gasteiger partial charge in [0, 0.05) is 6.42 Å². The first-order valence-corrected chi connectivity index (χ1v) is 9.23. The zero-order chi connectivity index (χ0) is 17.0. The molecule has 4 heteroatoms. The van der Waals surface area contributed by atoms with Gasteiger partial charge in [-0.15, -0.1) is 6.58 Å². The summed E-state index contributed by atoms with van der Waals surface area (Å²) in [5.74, 6) is -0.112. The summed E-state index contributed by atoms with van der Waals surface area (Å²) in [7, 11) is 0. The molecule has 0 fully saturated rings. The van der Waals surface area contributed by atoms with E-state index in [-0.39, 0.29) is 5.97 Å². The minimum atomic E-state index is -0.112. The molecule has 0 aliphatic carbocycles. The van der Waals surface area contributed by atoms with Crippen LogP contribution in [0.5, 0.6) is 0 Å². The van der Waals surface area contributed by atoms with Crippen LogP contribution in [0.1, 0.15) is 71.1 Å². The molecule has 0 aromatic heterocycles. The SMILES string of the molecule is C=CCOCCOCCOC(=O)CCCCCCCCCCC. The largest absolute Gasteiger partial charge is 0.463 e. The molecule has 23 heavy (non-hydrogen) atoms. The molecular formula is C19H36O4. The molecule has 0 aliphatic heterocycles. The lowest BCUT2D eigenvalue weighted by atomic mass is 10.1. The van der Waals surface area contributed by atoms with Crippen LogP contribution in [-0.2, 0) is 19.0 Å². The van der Waals surface area contributed by atoms with Crippen LogP contribution in [0.25, 0.3) is 0 Å². The van der Waals surface area contributed by atoms with Crippen LogP contribution in [-0.4, -0.2) is 39.0 Å². The molecule has 0 bridgehead atoms. The second-order valence-electron chi connectivity index (χ2n) is 5.77. The molecular weight excluding hydrogens is 292 g/mol. The van der Waals surface area contributed by atoms with Gasteiger partial charge >= 0.3 is 5.97 Å². The van der Waals surface area contributed by atoms with E-state index in [1.54, 1.807) is 6.08 Å². The molecule has 0 radical (unpaired) electrons. The summed E-state index contributed by atoms with van der Waals surface area (Å²) >= 11 is 0. The lowest BCUT2D eigenvalue weighted by Gasteiger charge is -2.06. The number of hydrogen-bond acceptors (Lipinski definition) is 4. The molecule has 0 aliphatic rings. The summed E-state index contributed by atoms with van der Waals surface area (Å²) in [5.41, 5.74) is 0. The quantitative estimate of drug-likeness (QED) is 0.208. The van der Waals surface area contributed by atoms with E-state index in [1.165, 1.54) is 44.9 Å². The van der Waals surface area contributed by atoms with E-state index in [4.69, 9.17) is 14.2 Å². The summed E-state index contributed by atoms with van der Waals surface area (Å²) in [6.45, 7) is 8.16. The Kier molecular flexibility index (Phi) is 18.5. The van der Waals surface area contributed by atoms with E-state index in [9.17, 15) is 4.79 Å². The van der Waals surface area contributed by atoms with Crippen molar-refractivity contribution in [2.24, 2.45) is 0 Å². The van der Waals surface area contributed by atoms with Crippen molar-refractivity contribution in [1.82, 2.24) is 0 Å². The van der Waals surface area contributed by atoms with Gasteiger partial charge in [0.1, 0.15) is 6.61 Å². The molecule has 0 heterocycles. The first-order chi connectivity index (χ1) is 11.3. The summed E-state index contributed by atoms with van der Waals surface area (Å²) in [4.78, 5) is 11.5. The summed E-state index contributed by atoms with van der Waals surface area (Å²) in [6.07, 6.45) is 13.5. The normalized spacial score (nSPS) is 10.7. The van der Waals surface area contributed by atoms with E-state index >= 15 is 0 Å². The van der Waals surface area contributed by atoms with Crippen LogP contribution in [0.15, 0.2) is 12.7 Å². The van der Waals surface area contributed by atoms with Gasteiger partial charge < -0.3 is 14.2 Å². The van der Waals surface area contributed by atoms with Crippen LogP contribution >= 0.6 is 0 Å². The molecule has 0 saturated heterocycles. The Labute approximate surface area is 142 Å². The zero-order valence-electron chi connectivity index (χ0n) is 15.0. The van der Waals surface area contributed by atoms with E-state index < -0.39 is 0 Å². The topological polar surface area (TPSA) is 44.8 Å². The fourth-order valence-corrected chi connectivity index (χ4v) is 2.25. The van der Waals surface area contributed by atoms with Gasteiger partial charge in [0.15, 0.2) is 0 Å². The average Bonchev–Trinajstić information content (AvgIpc) is 2.56. The van der Waals surface area contributed by atoms with Crippen molar-refractivity contribution in [3.05, 3.63) is 12.7 Å². The van der Waals surface area contributed by atoms with Gasteiger partial charge in [-0.05, 0) is 6.42 Å². The van der Waals surface area contributed by atoms with Gasteiger partial charge in [-0.3, -0.25) is 4.79 Å². The van der Waals surface area contributed by atoms with Gasteiger partial charge in [-0.1, -0.05) is 64.4 Å². The first-order valence-electron chi connectivity index (χ1n) is 9.23. The molecule has 0 unspecified atom stereocenters. The number of esters is 1. The summed E-state index contributed by atoms with van der Waals surface area (Å²) in [6, 6.07) is 0. The first kappa shape index (κ1) is 22.1. The molecule has 0 N–H and O–H groups in total. The number of rotatable bonds is 18. The highest BCUT2D eigenvalue weighted by molar-refractivity contribution is 5.69. The predicted octanol–water partition coefficient (Wildman–Crippen LogP) is 4.67. The maximum absolute atomic E-state index is 11.5. The zero-order valence-corrected chi connectivity index (χ0v) is 15.0. The Balaban J connectivity index is 3.14. The molecule has 0 amide bonds. The van der Waals surface area contributed by atoms with Crippen molar-refractivity contribution in [2.75, 3.05) is 33.0 Å². The van der Waals surface area contributed by atoms with Crippen LogP contribution < -0.4 is 0 Å². The smallest absolute Gasteiger partial charge is 0.305 e. The summed E-state index contributed by atoms with van der Waals surface area (Å²) < 4.78 is 15.6. The maximum Gasteiger partial charge on any atom is 0.305 e. The number of carbonyl (C=O) groups excluding carboxylic acids is 1. The molecule has 0 spiro atoms. The minimum absolute atomic E-state index is 0.112. The standard InChI is InChI=1S/C19H36O4/c1-3-5-6-7-8-9-10-11-12-13-19(20)23-18-17-22-16-15-21-14-4-2/h4H,2-3,5-18H2,1H3. The molecule has 136 valence electrons. The molecule has 0 saturated carbocycles. The minimum Gasteiger partial charge on any atom is -0.463 e. The van der Waals surface area contributed by atoms with Crippen molar-refractivity contribution < 1.29 is 19.0 Å². The van der Waals surface area contributed by atoms with Gasteiger partial charge in [0.05, 0.1) is 26.4 Å². The number of hydrogen-bond donors (Lipinski definition) is 0. The second kappa shape index (κ2) is 19.2. The highest BCUT2D eigenvalue weighted by atomic mass is 16.6. The Bertz CT molecular complexity index is 266. The Morgan fingerprint density at radius 1 is 0.826 bits per heavy atom. The average molecular weight is 328 g/mol.